The maximum absolute atomic E-state index is 13.0. The Morgan fingerprint density at radius 3 is 2.69 bits per heavy atom. The summed E-state index contributed by atoms with van der Waals surface area (Å²) in [5, 5.41) is 8.82. The lowest BCUT2D eigenvalue weighted by molar-refractivity contribution is 0.0692. The molecule has 1 aromatic carbocycles. The van der Waals surface area contributed by atoms with Crippen molar-refractivity contribution >= 4 is 17.3 Å². The quantitative estimate of drug-likeness (QED) is 0.879. The summed E-state index contributed by atoms with van der Waals surface area (Å²) in [5.41, 5.74) is 1.50. The van der Waals surface area contributed by atoms with Gasteiger partial charge in [-0.05, 0) is 17.7 Å². The van der Waals surface area contributed by atoms with Crippen LogP contribution in [0.25, 0.3) is 10.4 Å². The van der Waals surface area contributed by atoms with Crippen molar-refractivity contribution in [3.05, 3.63) is 41.0 Å². The number of aromatic carboxylic acids is 1. The normalized spacial score (nSPS) is 10.4. The Labute approximate surface area is 93.0 Å². The number of benzene rings is 1. The molecule has 0 radical (unpaired) electrons. The molecule has 2 rings (SSSR count). The van der Waals surface area contributed by atoms with Gasteiger partial charge >= 0.3 is 5.97 Å². The van der Waals surface area contributed by atoms with Gasteiger partial charge in [0, 0.05) is 0 Å². The van der Waals surface area contributed by atoms with E-state index >= 15 is 0 Å². The van der Waals surface area contributed by atoms with Gasteiger partial charge in [0.25, 0.3) is 0 Å². The van der Waals surface area contributed by atoms with Crippen molar-refractivity contribution in [3.8, 4) is 10.4 Å². The number of carboxylic acids is 1. The van der Waals surface area contributed by atoms with Crippen LogP contribution in [-0.2, 0) is 0 Å². The van der Waals surface area contributed by atoms with Crippen molar-refractivity contribution in [1.29, 1.82) is 0 Å². The third-order valence-corrected chi connectivity index (χ3v) is 2.83. The van der Waals surface area contributed by atoms with Crippen molar-refractivity contribution in [1.82, 2.24) is 4.98 Å². The first-order valence-corrected chi connectivity index (χ1v) is 5.10. The van der Waals surface area contributed by atoms with Crippen LogP contribution in [0.1, 0.15) is 10.5 Å². The van der Waals surface area contributed by atoms with Crippen molar-refractivity contribution in [2.24, 2.45) is 0 Å². The highest BCUT2D eigenvalue weighted by molar-refractivity contribution is 7.13. The molecule has 2 aromatic rings. The smallest absolute Gasteiger partial charge is 0.356 e. The fourth-order valence-corrected chi connectivity index (χ4v) is 2.02. The third kappa shape index (κ3) is 1.79. The second-order valence-corrected chi connectivity index (χ2v) is 3.82. The fraction of sp³-hybridized carbons (Fsp3) is 0. The number of hydrogen-bond donors (Lipinski definition) is 1. The van der Waals surface area contributed by atoms with Gasteiger partial charge in [-0.1, -0.05) is 6.07 Å². The molecule has 0 aliphatic rings. The second kappa shape index (κ2) is 3.97. The van der Waals surface area contributed by atoms with E-state index in [9.17, 15) is 13.6 Å². The predicted octanol–water partition coefficient (Wildman–Crippen LogP) is 2.79. The summed E-state index contributed by atoms with van der Waals surface area (Å²) in [7, 11) is 0. The first-order valence-electron chi connectivity index (χ1n) is 4.22. The molecule has 0 aliphatic heterocycles. The van der Waals surface area contributed by atoms with Gasteiger partial charge in [-0.25, -0.2) is 18.6 Å². The van der Waals surface area contributed by atoms with E-state index in [4.69, 9.17) is 5.11 Å². The Balaban J connectivity index is 2.54. The van der Waals surface area contributed by atoms with Crippen LogP contribution in [0, 0.1) is 11.6 Å². The van der Waals surface area contributed by atoms with Gasteiger partial charge in [-0.3, -0.25) is 0 Å². The summed E-state index contributed by atoms with van der Waals surface area (Å²) in [4.78, 5) is 14.7. The van der Waals surface area contributed by atoms with Crippen molar-refractivity contribution in [2.75, 3.05) is 0 Å². The summed E-state index contributed by atoms with van der Waals surface area (Å²) >= 11 is 1.06. The Morgan fingerprint density at radius 1 is 1.31 bits per heavy atom. The third-order valence-electron chi connectivity index (χ3n) is 1.95. The Morgan fingerprint density at radius 2 is 2.06 bits per heavy atom. The number of halogens is 2. The summed E-state index contributed by atoms with van der Waals surface area (Å²) in [5.74, 6) is -3.17. The van der Waals surface area contributed by atoms with Crippen LogP contribution in [0.5, 0.6) is 0 Å². The number of thiazole rings is 1. The highest BCUT2D eigenvalue weighted by atomic mass is 32.1. The molecule has 1 aromatic heterocycles. The molecule has 6 heteroatoms. The van der Waals surface area contributed by atoms with E-state index in [0.29, 0.717) is 10.4 Å². The standard InChI is InChI=1S/C10H5F2NO2S/c11-6-2-1-5(3-7(6)12)9-8(10(14)15)13-4-16-9/h1-4H,(H,14,15). The van der Waals surface area contributed by atoms with Crippen LogP contribution in [0.2, 0.25) is 0 Å². The minimum absolute atomic E-state index is 0.156. The zero-order valence-electron chi connectivity index (χ0n) is 7.78. The molecule has 82 valence electrons. The molecule has 0 unspecified atom stereocenters. The maximum atomic E-state index is 13.0. The van der Waals surface area contributed by atoms with E-state index in [-0.39, 0.29) is 5.69 Å². The van der Waals surface area contributed by atoms with Crippen LogP contribution in [0.15, 0.2) is 23.7 Å². The Bertz CT molecular complexity index is 554. The molecule has 0 amide bonds. The molecule has 1 N–H and O–H groups in total. The lowest BCUT2D eigenvalue weighted by Crippen LogP contribution is -1.98. The molecule has 0 saturated heterocycles. The average Bonchev–Trinajstić information content (AvgIpc) is 2.71. The molecule has 0 fully saturated rings. The van der Waals surface area contributed by atoms with Crippen LogP contribution in [0.4, 0.5) is 8.78 Å². The zero-order valence-corrected chi connectivity index (χ0v) is 8.59. The van der Waals surface area contributed by atoms with E-state index < -0.39 is 17.6 Å². The number of rotatable bonds is 2. The molecule has 0 bridgehead atoms. The highest BCUT2D eigenvalue weighted by Crippen LogP contribution is 2.28. The summed E-state index contributed by atoms with van der Waals surface area (Å²) in [6.07, 6.45) is 0. The van der Waals surface area contributed by atoms with Gasteiger partial charge < -0.3 is 5.11 Å². The first kappa shape index (κ1) is 10.7. The number of carbonyl (C=O) groups is 1. The topological polar surface area (TPSA) is 50.2 Å². The van der Waals surface area contributed by atoms with E-state index in [1.165, 1.54) is 11.6 Å². The summed E-state index contributed by atoms with van der Waals surface area (Å²) < 4.78 is 25.7. The highest BCUT2D eigenvalue weighted by Gasteiger charge is 2.16. The fourth-order valence-electron chi connectivity index (χ4n) is 1.24. The molecular formula is C10H5F2NO2S. The van der Waals surface area contributed by atoms with E-state index in [1.54, 1.807) is 0 Å². The lowest BCUT2D eigenvalue weighted by Gasteiger charge is -1.99. The monoisotopic (exact) mass is 241 g/mol. The maximum Gasteiger partial charge on any atom is 0.356 e. The molecule has 0 atom stereocenters. The van der Waals surface area contributed by atoms with E-state index in [0.717, 1.165) is 23.5 Å². The molecule has 0 spiro atoms. The van der Waals surface area contributed by atoms with E-state index in [2.05, 4.69) is 4.98 Å². The van der Waals surface area contributed by atoms with Crippen LogP contribution >= 0.6 is 11.3 Å². The molecule has 16 heavy (non-hydrogen) atoms. The van der Waals surface area contributed by atoms with Gasteiger partial charge in [-0.15, -0.1) is 11.3 Å². The van der Waals surface area contributed by atoms with Crippen molar-refractivity contribution in [2.45, 2.75) is 0 Å². The van der Waals surface area contributed by atoms with Crippen LogP contribution < -0.4 is 0 Å². The van der Waals surface area contributed by atoms with Gasteiger partial charge in [0.15, 0.2) is 17.3 Å². The number of hydrogen-bond acceptors (Lipinski definition) is 3. The first-order chi connectivity index (χ1) is 7.59. The number of carboxylic acid groups (broad SMARTS) is 1. The van der Waals surface area contributed by atoms with Gasteiger partial charge in [0.2, 0.25) is 0 Å². The Kier molecular flexibility index (Phi) is 2.66. The van der Waals surface area contributed by atoms with E-state index in [1.807, 2.05) is 0 Å². The van der Waals surface area contributed by atoms with Gasteiger partial charge in [-0.2, -0.15) is 0 Å². The van der Waals surface area contributed by atoms with Crippen molar-refractivity contribution in [3.63, 3.8) is 0 Å². The minimum Gasteiger partial charge on any atom is -0.476 e. The molecule has 0 saturated carbocycles. The van der Waals surface area contributed by atoms with Crippen LogP contribution in [-0.4, -0.2) is 16.1 Å². The van der Waals surface area contributed by atoms with Gasteiger partial charge in [0.1, 0.15) is 0 Å². The largest absolute Gasteiger partial charge is 0.476 e. The average molecular weight is 241 g/mol. The summed E-state index contributed by atoms with van der Waals surface area (Å²) in [6, 6.07) is 3.23. The number of aromatic nitrogens is 1. The predicted molar refractivity (Wildman–Crippen MR) is 54.4 cm³/mol. The minimum atomic E-state index is -1.19. The zero-order chi connectivity index (χ0) is 11.7. The number of nitrogens with zero attached hydrogens (tertiary/aromatic N) is 1. The molecule has 3 nitrogen and oxygen atoms in total. The van der Waals surface area contributed by atoms with Crippen molar-refractivity contribution < 1.29 is 18.7 Å². The molecular weight excluding hydrogens is 236 g/mol. The molecule has 0 aliphatic carbocycles. The van der Waals surface area contributed by atoms with Gasteiger partial charge in [0.05, 0.1) is 10.4 Å². The molecule has 1 heterocycles. The lowest BCUT2D eigenvalue weighted by atomic mass is 10.1. The Hall–Kier alpha value is -1.82. The van der Waals surface area contributed by atoms with Crippen LogP contribution in [0.3, 0.4) is 0 Å². The SMILES string of the molecule is O=C(O)c1ncsc1-c1ccc(F)c(F)c1. The summed E-state index contributed by atoms with van der Waals surface area (Å²) in [6.45, 7) is 0. The second-order valence-electron chi connectivity index (χ2n) is 2.96.